The number of pyridine rings is 1. The van der Waals surface area contributed by atoms with E-state index in [1.54, 1.807) is 0 Å². The maximum atomic E-state index is 12.5. The number of rotatable bonds is 2. The van der Waals surface area contributed by atoms with Crippen LogP contribution in [0, 0.1) is 0 Å². The van der Waals surface area contributed by atoms with E-state index in [-0.39, 0.29) is 5.69 Å². The molecule has 0 aliphatic heterocycles. The Hall–Kier alpha value is -0.660. The second kappa shape index (κ2) is 4.07. The molecule has 1 aromatic heterocycles. The predicted molar refractivity (Wildman–Crippen MR) is 51.7 cm³/mol. The zero-order chi connectivity index (χ0) is 11.8. The fourth-order valence-corrected chi connectivity index (χ4v) is 2.17. The van der Waals surface area contributed by atoms with Crippen LogP contribution in [0.1, 0.15) is 12.0 Å². The minimum atomic E-state index is -4.38. The van der Waals surface area contributed by atoms with Crippen molar-refractivity contribution in [1.82, 2.24) is 4.98 Å². The molecule has 1 rings (SSSR count). The SMILES string of the molecule is Nc1cnc(S(=O)(=O)Cl)c(C(F)F)c1Cl. The van der Waals surface area contributed by atoms with Gasteiger partial charge in [-0.3, -0.25) is 0 Å². The van der Waals surface area contributed by atoms with Crippen molar-refractivity contribution in [3.8, 4) is 0 Å². The third-order valence-electron chi connectivity index (χ3n) is 1.49. The van der Waals surface area contributed by atoms with Gasteiger partial charge in [0.15, 0.2) is 5.03 Å². The van der Waals surface area contributed by atoms with E-state index in [4.69, 9.17) is 28.0 Å². The molecule has 0 saturated heterocycles. The molecule has 9 heteroatoms. The van der Waals surface area contributed by atoms with E-state index in [1.807, 2.05) is 0 Å². The van der Waals surface area contributed by atoms with Crippen LogP contribution in [-0.4, -0.2) is 13.4 Å². The van der Waals surface area contributed by atoms with Gasteiger partial charge in [0.05, 0.1) is 22.5 Å². The molecule has 0 unspecified atom stereocenters. The Bertz CT molecular complexity index is 492. The minimum absolute atomic E-state index is 0.240. The third-order valence-corrected chi connectivity index (χ3v) is 3.14. The first kappa shape index (κ1) is 12.4. The van der Waals surface area contributed by atoms with Crippen molar-refractivity contribution in [3.63, 3.8) is 0 Å². The highest BCUT2D eigenvalue weighted by molar-refractivity contribution is 8.13. The van der Waals surface area contributed by atoms with Crippen LogP contribution in [0.4, 0.5) is 14.5 Å². The standard InChI is InChI=1S/C6H4Cl2F2N2O2S/c7-4-2(11)1-12-6(15(8,13)14)3(4)5(9)10/h1,5H,11H2. The summed E-state index contributed by atoms with van der Waals surface area (Å²) in [5, 5.41) is -1.53. The monoisotopic (exact) mass is 276 g/mol. The molecule has 2 N–H and O–H groups in total. The number of nitrogens with two attached hydrogens (primary N) is 1. The number of anilines is 1. The summed E-state index contributed by atoms with van der Waals surface area (Å²) in [6.45, 7) is 0. The molecular weight excluding hydrogens is 273 g/mol. The fraction of sp³-hybridized carbons (Fsp3) is 0.167. The summed E-state index contributed by atoms with van der Waals surface area (Å²) in [5.41, 5.74) is 3.99. The first-order valence-electron chi connectivity index (χ1n) is 3.42. The highest BCUT2D eigenvalue weighted by Crippen LogP contribution is 2.35. The lowest BCUT2D eigenvalue weighted by molar-refractivity contribution is 0.147. The second-order valence-corrected chi connectivity index (χ2v) is 5.34. The Morgan fingerprint density at radius 3 is 2.40 bits per heavy atom. The van der Waals surface area contributed by atoms with Gasteiger partial charge in [0.2, 0.25) is 0 Å². The van der Waals surface area contributed by atoms with Gasteiger partial charge in [0.1, 0.15) is 0 Å². The molecule has 0 saturated carbocycles. The van der Waals surface area contributed by atoms with Gasteiger partial charge < -0.3 is 5.73 Å². The normalized spacial score (nSPS) is 12.1. The molecule has 0 atom stereocenters. The number of hydrogen-bond acceptors (Lipinski definition) is 4. The summed E-state index contributed by atoms with van der Waals surface area (Å²) < 4.78 is 46.8. The Morgan fingerprint density at radius 2 is 2.00 bits per heavy atom. The molecule has 15 heavy (non-hydrogen) atoms. The lowest BCUT2D eigenvalue weighted by atomic mass is 10.3. The van der Waals surface area contributed by atoms with E-state index in [0.29, 0.717) is 0 Å². The van der Waals surface area contributed by atoms with Crippen molar-refractivity contribution in [1.29, 1.82) is 0 Å². The van der Waals surface area contributed by atoms with E-state index >= 15 is 0 Å². The van der Waals surface area contributed by atoms with Crippen molar-refractivity contribution >= 4 is 37.0 Å². The number of hydrogen-bond donors (Lipinski definition) is 1. The first-order valence-corrected chi connectivity index (χ1v) is 6.10. The quantitative estimate of drug-likeness (QED) is 0.841. The van der Waals surface area contributed by atoms with Crippen molar-refractivity contribution in [2.75, 3.05) is 5.73 Å². The van der Waals surface area contributed by atoms with Gasteiger partial charge in [-0.25, -0.2) is 22.2 Å². The van der Waals surface area contributed by atoms with Crippen molar-refractivity contribution < 1.29 is 17.2 Å². The van der Waals surface area contributed by atoms with Gasteiger partial charge >= 0.3 is 0 Å². The molecular formula is C6H4Cl2F2N2O2S. The number of alkyl halides is 2. The summed E-state index contributed by atoms with van der Waals surface area (Å²) in [6, 6.07) is 0. The molecule has 1 heterocycles. The van der Waals surface area contributed by atoms with Gasteiger partial charge in [-0.05, 0) is 0 Å². The number of nitrogens with zero attached hydrogens (tertiary/aromatic N) is 1. The molecule has 0 aromatic carbocycles. The summed E-state index contributed by atoms with van der Waals surface area (Å²) in [4.78, 5) is 3.22. The van der Waals surface area contributed by atoms with Crippen molar-refractivity contribution in [2.24, 2.45) is 0 Å². The van der Waals surface area contributed by atoms with Crippen LogP contribution in [0.5, 0.6) is 0 Å². The lowest BCUT2D eigenvalue weighted by Crippen LogP contribution is -2.05. The lowest BCUT2D eigenvalue weighted by Gasteiger charge is -2.08. The van der Waals surface area contributed by atoms with Crippen molar-refractivity contribution in [3.05, 3.63) is 16.8 Å². The minimum Gasteiger partial charge on any atom is -0.396 e. The molecule has 0 amide bonds. The van der Waals surface area contributed by atoms with Crippen LogP contribution in [0.15, 0.2) is 11.2 Å². The number of aromatic nitrogens is 1. The number of halogens is 4. The maximum Gasteiger partial charge on any atom is 0.279 e. The molecule has 0 spiro atoms. The summed E-state index contributed by atoms with van der Waals surface area (Å²) in [7, 11) is 0.532. The molecule has 84 valence electrons. The van der Waals surface area contributed by atoms with Gasteiger partial charge in [0.25, 0.3) is 15.5 Å². The highest BCUT2D eigenvalue weighted by Gasteiger charge is 2.27. The predicted octanol–water partition coefficient (Wildman–Crippen LogP) is 2.18. The van der Waals surface area contributed by atoms with E-state index in [9.17, 15) is 17.2 Å². The van der Waals surface area contributed by atoms with Crippen LogP contribution in [0.2, 0.25) is 5.02 Å². The Kier molecular flexibility index (Phi) is 3.37. The van der Waals surface area contributed by atoms with Crippen LogP contribution < -0.4 is 5.73 Å². The molecule has 0 radical (unpaired) electrons. The summed E-state index contributed by atoms with van der Waals surface area (Å²) >= 11 is 5.43. The van der Waals surface area contributed by atoms with Crippen LogP contribution in [0.25, 0.3) is 0 Å². The summed E-state index contributed by atoms with van der Waals surface area (Å²) in [6.07, 6.45) is -2.28. The molecule has 0 fully saturated rings. The fourth-order valence-electron chi connectivity index (χ4n) is 0.887. The molecule has 4 nitrogen and oxygen atoms in total. The Labute approximate surface area is 93.4 Å². The summed E-state index contributed by atoms with van der Waals surface area (Å²) in [5.74, 6) is 0. The Morgan fingerprint density at radius 1 is 1.47 bits per heavy atom. The zero-order valence-corrected chi connectivity index (χ0v) is 9.24. The highest BCUT2D eigenvalue weighted by atomic mass is 35.7. The van der Waals surface area contributed by atoms with Crippen LogP contribution in [-0.2, 0) is 9.05 Å². The van der Waals surface area contributed by atoms with E-state index in [2.05, 4.69) is 4.98 Å². The van der Waals surface area contributed by atoms with Crippen LogP contribution >= 0.6 is 22.3 Å². The number of nitrogen functional groups attached to an aromatic ring is 1. The zero-order valence-electron chi connectivity index (χ0n) is 6.92. The molecule has 0 bridgehead atoms. The molecule has 1 aromatic rings. The largest absolute Gasteiger partial charge is 0.396 e. The Balaban J connectivity index is 3.62. The van der Waals surface area contributed by atoms with Gasteiger partial charge in [-0.2, -0.15) is 0 Å². The van der Waals surface area contributed by atoms with E-state index in [1.165, 1.54) is 0 Å². The molecule has 0 aliphatic rings. The average molecular weight is 277 g/mol. The van der Waals surface area contributed by atoms with Gasteiger partial charge in [-0.1, -0.05) is 11.6 Å². The average Bonchev–Trinajstić information content (AvgIpc) is 2.06. The maximum absolute atomic E-state index is 12.5. The van der Waals surface area contributed by atoms with E-state index < -0.39 is 31.1 Å². The van der Waals surface area contributed by atoms with E-state index in [0.717, 1.165) is 6.20 Å². The second-order valence-electron chi connectivity index (χ2n) is 2.48. The van der Waals surface area contributed by atoms with Gasteiger partial charge in [0, 0.05) is 10.7 Å². The smallest absolute Gasteiger partial charge is 0.279 e. The topological polar surface area (TPSA) is 73.0 Å². The van der Waals surface area contributed by atoms with Gasteiger partial charge in [-0.15, -0.1) is 0 Å². The first-order chi connectivity index (χ1) is 6.75. The van der Waals surface area contributed by atoms with Crippen molar-refractivity contribution in [2.45, 2.75) is 11.5 Å². The third kappa shape index (κ3) is 2.47. The van der Waals surface area contributed by atoms with Crippen LogP contribution in [0.3, 0.4) is 0 Å². The molecule has 0 aliphatic carbocycles.